The van der Waals surface area contributed by atoms with E-state index in [9.17, 15) is 14.9 Å². The number of anilines is 2. The Morgan fingerprint density at radius 3 is 2.68 bits per heavy atom. The number of benzene rings is 2. The molecule has 28 heavy (non-hydrogen) atoms. The van der Waals surface area contributed by atoms with E-state index in [4.69, 9.17) is 0 Å². The number of rotatable bonds is 8. The Morgan fingerprint density at radius 2 is 1.93 bits per heavy atom. The molecule has 0 saturated heterocycles. The topological polar surface area (TPSA) is 115 Å². The van der Waals surface area contributed by atoms with Crippen molar-refractivity contribution in [3.63, 3.8) is 0 Å². The van der Waals surface area contributed by atoms with Gasteiger partial charge in [-0.05, 0) is 23.8 Å². The van der Waals surface area contributed by atoms with Gasteiger partial charge in [0.25, 0.3) is 5.69 Å². The molecule has 1 aromatic heterocycles. The van der Waals surface area contributed by atoms with E-state index in [0.29, 0.717) is 12.2 Å². The van der Waals surface area contributed by atoms with Crippen molar-refractivity contribution in [1.29, 1.82) is 0 Å². The molecule has 0 saturated carbocycles. The highest BCUT2D eigenvalue weighted by Gasteiger charge is 2.12. The highest BCUT2D eigenvalue weighted by atomic mass is 79.9. The van der Waals surface area contributed by atoms with E-state index in [1.807, 2.05) is 24.3 Å². The van der Waals surface area contributed by atoms with Crippen molar-refractivity contribution in [2.75, 3.05) is 17.2 Å². The van der Waals surface area contributed by atoms with Gasteiger partial charge in [0.2, 0.25) is 11.9 Å². The van der Waals surface area contributed by atoms with Crippen molar-refractivity contribution < 1.29 is 9.72 Å². The average molecular weight is 445 g/mol. The quantitative estimate of drug-likeness (QED) is 0.406. The number of nitro groups is 1. The molecule has 0 aliphatic carbocycles. The second-order valence-corrected chi connectivity index (χ2v) is 6.81. The number of hydrogen-bond acceptors (Lipinski definition) is 6. The van der Waals surface area contributed by atoms with Crippen LogP contribution in [0, 0.1) is 10.1 Å². The maximum atomic E-state index is 12.0. The van der Waals surface area contributed by atoms with Gasteiger partial charge < -0.3 is 5.32 Å². The van der Waals surface area contributed by atoms with Gasteiger partial charge in [-0.15, -0.1) is 5.10 Å². The molecule has 0 spiro atoms. The highest BCUT2D eigenvalue weighted by molar-refractivity contribution is 9.10. The van der Waals surface area contributed by atoms with Crippen molar-refractivity contribution in [3.8, 4) is 0 Å². The normalized spacial score (nSPS) is 10.5. The van der Waals surface area contributed by atoms with Crippen LogP contribution < -0.4 is 10.6 Å². The highest BCUT2D eigenvalue weighted by Crippen LogP contribution is 2.22. The standard InChI is InChI=1S/C18H17BrN6O3/c19-14-7-5-13(6-8-14)11-24-12-21-18(23-24)22-17(26)9-10-20-15-3-1-2-4-16(15)25(27)28/h1-8,12,20H,9-11H2,(H,22,23,26). The molecule has 2 aromatic carbocycles. The fourth-order valence-corrected chi connectivity index (χ4v) is 2.75. The van der Waals surface area contributed by atoms with Crippen molar-refractivity contribution in [2.24, 2.45) is 0 Å². The van der Waals surface area contributed by atoms with Gasteiger partial charge in [-0.25, -0.2) is 9.67 Å². The lowest BCUT2D eigenvalue weighted by atomic mass is 10.2. The minimum Gasteiger partial charge on any atom is -0.379 e. The van der Waals surface area contributed by atoms with Crippen LogP contribution in [0.1, 0.15) is 12.0 Å². The Bertz CT molecular complexity index is 973. The Labute approximate surface area is 169 Å². The summed E-state index contributed by atoms with van der Waals surface area (Å²) in [6, 6.07) is 14.1. The maximum absolute atomic E-state index is 12.0. The van der Waals surface area contributed by atoms with Crippen LogP contribution in [0.5, 0.6) is 0 Å². The van der Waals surface area contributed by atoms with Crippen LogP contribution in [0.15, 0.2) is 59.3 Å². The van der Waals surface area contributed by atoms with Gasteiger partial charge >= 0.3 is 0 Å². The van der Waals surface area contributed by atoms with Gasteiger partial charge in [0.1, 0.15) is 12.0 Å². The molecule has 2 N–H and O–H groups in total. The molecule has 1 heterocycles. The van der Waals surface area contributed by atoms with Crippen LogP contribution >= 0.6 is 15.9 Å². The first kappa shape index (κ1) is 19.5. The minimum absolute atomic E-state index is 0.0312. The number of aromatic nitrogens is 3. The van der Waals surface area contributed by atoms with Gasteiger partial charge in [0, 0.05) is 23.5 Å². The number of halogens is 1. The molecule has 3 rings (SSSR count). The Morgan fingerprint density at radius 1 is 1.18 bits per heavy atom. The molecule has 144 valence electrons. The zero-order valence-corrected chi connectivity index (χ0v) is 16.3. The molecular formula is C18H17BrN6O3. The summed E-state index contributed by atoms with van der Waals surface area (Å²) >= 11 is 3.39. The fourth-order valence-electron chi connectivity index (χ4n) is 2.49. The third-order valence-corrected chi connectivity index (χ3v) is 4.34. The minimum atomic E-state index is -0.468. The fraction of sp³-hybridized carbons (Fsp3) is 0.167. The zero-order chi connectivity index (χ0) is 19.9. The monoisotopic (exact) mass is 444 g/mol. The summed E-state index contributed by atoms with van der Waals surface area (Å²) < 4.78 is 2.63. The average Bonchev–Trinajstić information content (AvgIpc) is 3.10. The molecule has 9 nitrogen and oxygen atoms in total. The molecule has 0 atom stereocenters. The summed E-state index contributed by atoms with van der Waals surface area (Å²) in [5.74, 6) is -0.0692. The molecule has 0 unspecified atom stereocenters. The van der Waals surface area contributed by atoms with E-state index in [1.165, 1.54) is 6.07 Å². The van der Waals surface area contributed by atoms with E-state index in [0.717, 1.165) is 10.0 Å². The van der Waals surface area contributed by atoms with Crippen LogP contribution in [0.25, 0.3) is 0 Å². The lowest BCUT2D eigenvalue weighted by Gasteiger charge is -2.06. The predicted molar refractivity (Wildman–Crippen MR) is 108 cm³/mol. The van der Waals surface area contributed by atoms with Crippen molar-refractivity contribution in [1.82, 2.24) is 14.8 Å². The third-order valence-electron chi connectivity index (χ3n) is 3.81. The Balaban J connectivity index is 1.48. The number of amides is 1. The maximum Gasteiger partial charge on any atom is 0.292 e. The van der Waals surface area contributed by atoms with E-state index in [2.05, 4.69) is 36.6 Å². The number of carbonyl (C=O) groups is 1. The predicted octanol–water partition coefficient (Wildman–Crippen LogP) is 3.44. The number of nitrogens with one attached hydrogen (secondary N) is 2. The molecular weight excluding hydrogens is 428 g/mol. The van der Waals surface area contributed by atoms with Crippen molar-refractivity contribution >= 4 is 39.2 Å². The van der Waals surface area contributed by atoms with E-state index in [1.54, 1.807) is 29.2 Å². The first-order chi connectivity index (χ1) is 13.5. The SMILES string of the molecule is O=C(CCNc1ccccc1[N+](=O)[O-])Nc1ncn(Cc2ccc(Br)cc2)n1. The molecule has 3 aromatic rings. The second-order valence-electron chi connectivity index (χ2n) is 5.89. The van der Waals surface area contributed by atoms with Gasteiger partial charge in [0.15, 0.2) is 0 Å². The first-order valence-corrected chi connectivity index (χ1v) is 9.21. The molecule has 10 heteroatoms. The van der Waals surface area contributed by atoms with Crippen LogP contribution in [-0.2, 0) is 11.3 Å². The summed E-state index contributed by atoms with van der Waals surface area (Å²) in [4.78, 5) is 26.6. The van der Waals surface area contributed by atoms with E-state index in [-0.39, 0.29) is 30.5 Å². The number of para-hydroxylation sites is 2. The lowest BCUT2D eigenvalue weighted by molar-refractivity contribution is -0.384. The van der Waals surface area contributed by atoms with Crippen LogP contribution in [0.3, 0.4) is 0 Å². The molecule has 0 fully saturated rings. The second kappa shape index (κ2) is 9.09. The smallest absolute Gasteiger partial charge is 0.292 e. The zero-order valence-electron chi connectivity index (χ0n) is 14.7. The van der Waals surface area contributed by atoms with Gasteiger partial charge in [-0.2, -0.15) is 0 Å². The summed E-state index contributed by atoms with van der Waals surface area (Å²) in [5, 5.41) is 20.7. The van der Waals surface area contributed by atoms with Gasteiger partial charge in [-0.3, -0.25) is 20.2 Å². The molecule has 0 aliphatic rings. The van der Waals surface area contributed by atoms with Crippen molar-refractivity contribution in [3.05, 3.63) is 75.0 Å². The Kier molecular flexibility index (Phi) is 6.33. The van der Waals surface area contributed by atoms with Gasteiger partial charge in [-0.1, -0.05) is 40.2 Å². The van der Waals surface area contributed by atoms with Gasteiger partial charge in [0.05, 0.1) is 11.5 Å². The number of nitro benzene ring substituents is 1. The molecule has 0 bridgehead atoms. The summed E-state index contributed by atoms with van der Waals surface area (Å²) in [5.41, 5.74) is 1.40. The molecule has 1 amide bonds. The van der Waals surface area contributed by atoms with Crippen LogP contribution in [0.4, 0.5) is 17.3 Å². The van der Waals surface area contributed by atoms with Crippen LogP contribution in [0.2, 0.25) is 0 Å². The van der Waals surface area contributed by atoms with E-state index >= 15 is 0 Å². The summed E-state index contributed by atoms with van der Waals surface area (Å²) in [6.07, 6.45) is 1.66. The number of hydrogen-bond donors (Lipinski definition) is 2. The Hall–Kier alpha value is -3.27. The number of carbonyl (C=O) groups excluding carboxylic acids is 1. The molecule has 0 radical (unpaired) electrons. The van der Waals surface area contributed by atoms with Crippen LogP contribution in [-0.4, -0.2) is 32.1 Å². The van der Waals surface area contributed by atoms with Crippen molar-refractivity contribution in [2.45, 2.75) is 13.0 Å². The summed E-state index contributed by atoms with van der Waals surface area (Å²) in [6.45, 7) is 0.783. The molecule has 0 aliphatic heterocycles. The first-order valence-electron chi connectivity index (χ1n) is 8.42. The van der Waals surface area contributed by atoms with E-state index < -0.39 is 4.92 Å². The lowest BCUT2D eigenvalue weighted by Crippen LogP contribution is -2.17. The third kappa shape index (κ3) is 5.36. The summed E-state index contributed by atoms with van der Waals surface area (Å²) in [7, 11) is 0. The largest absolute Gasteiger partial charge is 0.379 e. The number of nitrogens with zero attached hydrogens (tertiary/aromatic N) is 4.